The molecule has 0 fully saturated rings. The molecule has 12 heteroatoms. The van der Waals surface area contributed by atoms with Crippen LogP contribution in [-0.4, -0.2) is 29.9 Å². The van der Waals surface area contributed by atoms with E-state index in [9.17, 15) is 5.39 Å². The van der Waals surface area contributed by atoms with Gasteiger partial charge in [0.2, 0.25) is 5.39 Å². The van der Waals surface area contributed by atoms with E-state index in [4.69, 9.17) is 39.9 Å². The van der Waals surface area contributed by atoms with Gasteiger partial charge < -0.3 is 42.3 Å². The minimum absolute atomic E-state index is 0. The van der Waals surface area contributed by atoms with Gasteiger partial charge in [-0.2, -0.15) is 0 Å². The molecule has 0 unspecified atom stereocenters. The normalized spacial score (nSPS) is 12.4. The Hall–Kier alpha value is -5.43. The van der Waals surface area contributed by atoms with E-state index >= 15 is 0 Å². The smallest absolute Gasteiger partial charge is 1.00 e. The molecule has 10 nitrogen and oxygen atoms in total. The molecule has 0 spiro atoms. The number of halogens is 1. The summed E-state index contributed by atoms with van der Waals surface area (Å²) < 4.78 is 0. The zero-order chi connectivity index (χ0) is 37.9. The molecule has 2 aliphatic heterocycles. The van der Waals surface area contributed by atoms with Crippen LogP contribution in [-0.2, 0) is 35.7 Å². The number of diazo groups is 1. The standard InChI is InChI=1S/C44H40N10.ClH.Zn/c1-42(2,3)22-10-14-26-30(18-22)38-46-34(26)48-39-32-20-24(44(7,8)9)12-16-28(32)36(50-39)52-41-33-21-25(54-45)13-17-29(33)37(53-41)51-40-31-19-23(43(4,5)6)11-15-27(31)35(47-38)49-40;;/h10-21,45H,1-9H3;1H;/q;;+2/p-2. The number of benzene rings is 4. The Kier molecular flexibility index (Phi) is 9.26. The molecule has 2 aliphatic rings. The first kappa shape index (κ1) is 38.8. The van der Waals surface area contributed by atoms with Gasteiger partial charge in [-0.05, 0) is 78.7 Å². The average molecular weight is 809 g/mol. The van der Waals surface area contributed by atoms with E-state index in [0.717, 1.165) is 54.9 Å². The maximum absolute atomic E-state index is 9.73. The van der Waals surface area contributed by atoms with E-state index in [1.54, 1.807) is 12.1 Å². The summed E-state index contributed by atoms with van der Waals surface area (Å²) in [7, 11) is 0. The van der Waals surface area contributed by atoms with Gasteiger partial charge in [0.15, 0.2) is 4.98 Å². The van der Waals surface area contributed by atoms with Gasteiger partial charge >= 0.3 is 25.2 Å². The van der Waals surface area contributed by atoms with Crippen LogP contribution in [0.15, 0.2) is 72.8 Å². The quantitative estimate of drug-likeness (QED) is 0.113. The topological polar surface area (TPSA) is 134 Å². The van der Waals surface area contributed by atoms with Crippen LogP contribution in [0.25, 0.3) is 94.7 Å². The summed E-state index contributed by atoms with van der Waals surface area (Å²) in [4.78, 5) is 44.2. The molecule has 0 saturated heterocycles. The minimum atomic E-state index is -0.109. The molecule has 56 heavy (non-hydrogen) atoms. The van der Waals surface area contributed by atoms with Gasteiger partial charge in [0.05, 0.1) is 23.3 Å². The first-order valence-electron chi connectivity index (χ1n) is 18.2. The molecule has 0 aliphatic carbocycles. The van der Waals surface area contributed by atoms with E-state index < -0.39 is 0 Å². The Morgan fingerprint density at radius 3 is 1.21 bits per heavy atom. The molecule has 0 saturated carbocycles. The third-order valence-corrected chi connectivity index (χ3v) is 10.4. The van der Waals surface area contributed by atoms with Gasteiger partial charge in [-0.25, -0.2) is 9.97 Å². The zero-order valence-corrected chi connectivity index (χ0v) is 36.7. The van der Waals surface area contributed by atoms with Crippen LogP contribution in [0, 0.1) is 5.39 Å². The van der Waals surface area contributed by atoms with Crippen LogP contribution in [0.4, 0.5) is 5.69 Å². The molecular formula is C44H39ClN10Zn. The second kappa shape index (κ2) is 13.4. The first-order valence-corrected chi connectivity index (χ1v) is 18.2. The Labute approximate surface area is 343 Å². The van der Waals surface area contributed by atoms with Crippen LogP contribution in [0.2, 0.25) is 0 Å². The van der Waals surface area contributed by atoms with Gasteiger partial charge in [0.1, 0.15) is 0 Å². The fourth-order valence-corrected chi connectivity index (χ4v) is 7.11. The Morgan fingerprint density at radius 2 is 0.786 bits per heavy atom. The number of rotatable bonds is 0. The van der Waals surface area contributed by atoms with Crippen molar-refractivity contribution in [2.75, 3.05) is 0 Å². The molecule has 0 N–H and O–H groups in total. The monoisotopic (exact) mass is 806 g/mol. The van der Waals surface area contributed by atoms with Crippen molar-refractivity contribution in [3.63, 3.8) is 0 Å². The van der Waals surface area contributed by atoms with Crippen LogP contribution in [0.3, 0.4) is 0 Å². The molecular weight excluding hydrogens is 769 g/mol. The third kappa shape index (κ3) is 6.45. The summed E-state index contributed by atoms with van der Waals surface area (Å²) >= 11 is 0. The van der Waals surface area contributed by atoms with Crippen molar-refractivity contribution in [1.29, 1.82) is 5.39 Å². The van der Waals surface area contributed by atoms with Crippen molar-refractivity contribution >= 4 is 49.8 Å². The molecule has 0 atom stereocenters. The van der Waals surface area contributed by atoms with Crippen molar-refractivity contribution in [1.82, 2.24) is 39.9 Å². The summed E-state index contributed by atoms with van der Waals surface area (Å²) in [5.41, 5.74) is 8.68. The average Bonchev–Trinajstić information content (AvgIpc) is 3.84. The van der Waals surface area contributed by atoms with Crippen molar-refractivity contribution < 1.29 is 31.9 Å². The molecule has 8 bridgehead atoms. The first-order chi connectivity index (χ1) is 25.5. The summed E-state index contributed by atoms with van der Waals surface area (Å²) in [5, 5.41) is 13.1. The summed E-state index contributed by atoms with van der Waals surface area (Å²) in [6, 6.07) is 24.4. The maximum atomic E-state index is 9.73. The second-order valence-electron chi connectivity index (χ2n) is 17.3. The van der Waals surface area contributed by atoms with Crippen LogP contribution in [0.1, 0.15) is 79.0 Å². The van der Waals surface area contributed by atoms with E-state index in [1.165, 1.54) is 0 Å². The van der Waals surface area contributed by atoms with E-state index in [2.05, 4.69) is 122 Å². The second-order valence-corrected chi connectivity index (χ2v) is 17.3. The van der Waals surface area contributed by atoms with E-state index in [1.807, 2.05) is 6.07 Å². The van der Waals surface area contributed by atoms with E-state index in [0.29, 0.717) is 57.1 Å². The largest absolute Gasteiger partial charge is 2.00 e. The number of fused-ring (bicyclic) bond motifs is 20. The van der Waals surface area contributed by atoms with Gasteiger partial charge in [0, 0.05) is 57.0 Å². The molecule has 274 valence electrons. The summed E-state index contributed by atoms with van der Waals surface area (Å²) in [6.07, 6.45) is 0. The van der Waals surface area contributed by atoms with Gasteiger partial charge in [0.25, 0.3) is 0 Å². The molecule has 5 heterocycles. The Morgan fingerprint density at radius 1 is 0.429 bits per heavy atom. The summed E-state index contributed by atoms with van der Waals surface area (Å²) in [6.45, 7) is 19.7. The number of hydrogen-bond acceptors (Lipinski definition) is 7. The van der Waals surface area contributed by atoms with Gasteiger partial charge in [-0.3, -0.25) is 0 Å². The van der Waals surface area contributed by atoms with Crippen molar-refractivity contribution in [2.45, 2.75) is 78.6 Å². The fourth-order valence-electron chi connectivity index (χ4n) is 7.11. The van der Waals surface area contributed by atoms with Crippen LogP contribution < -0.4 is 22.4 Å². The van der Waals surface area contributed by atoms with Crippen molar-refractivity contribution in [2.24, 2.45) is 0 Å². The Balaban J connectivity index is 0.00000240. The van der Waals surface area contributed by atoms with Gasteiger partial charge in [-0.1, -0.05) is 98.7 Å². The number of aromatic nitrogens is 8. The molecule has 0 amide bonds. The van der Waals surface area contributed by atoms with Gasteiger partial charge in [-0.15, -0.1) is 0 Å². The summed E-state index contributed by atoms with van der Waals surface area (Å²) in [5.74, 6) is 1.89. The zero-order valence-electron chi connectivity index (χ0n) is 33.0. The number of hydrogen-bond donors (Lipinski definition) is 0. The molecule has 0 radical (unpaired) electrons. The fraction of sp³-hybridized carbons (Fsp3) is 0.273. The molecule has 4 aromatic carbocycles. The number of nitrogens with zero attached hydrogens (tertiary/aromatic N) is 10. The Bertz CT molecular complexity index is 2950. The van der Waals surface area contributed by atoms with E-state index in [-0.39, 0.29) is 48.1 Å². The molecule has 9 rings (SSSR count). The molecule has 7 aromatic rings. The van der Waals surface area contributed by atoms with Crippen molar-refractivity contribution in [3.8, 4) is 45.6 Å². The predicted octanol–water partition coefficient (Wildman–Crippen LogP) is 7.51. The predicted molar refractivity (Wildman–Crippen MR) is 215 cm³/mol. The molecule has 3 aromatic heterocycles. The van der Waals surface area contributed by atoms with Crippen LogP contribution in [0.5, 0.6) is 0 Å². The SMILES string of the molecule is CC(C)(C)c1ccc2c(c1)-c1nc-2nc2[n-]c(nc3nc(nc4[n-]c(n1)c1ccc(C(C)(C)C)cc41)-c1ccc([N+]#N)cc1-3)c1ccc(C(C)(C)C)cc21.[Cl-].[Zn+2]. The third-order valence-electron chi connectivity index (χ3n) is 10.4. The van der Waals surface area contributed by atoms with Crippen LogP contribution >= 0.6 is 0 Å². The van der Waals surface area contributed by atoms with Crippen molar-refractivity contribution in [3.05, 3.63) is 94.5 Å². The minimum Gasteiger partial charge on any atom is -1.00 e. The maximum Gasteiger partial charge on any atom is 2.00 e.